The second-order valence-corrected chi connectivity index (χ2v) is 6.16. The molecule has 1 rings (SSSR count). The van der Waals surface area contributed by atoms with Crippen LogP contribution in [0.2, 0.25) is 0 Å². The quantitative estimate of drug-likeness (QED) is 0.781. The average Bonchev–Trinajstić information content (AvgIpc) is 2.34. The lowest BCUT2D eigenvalue weighted by Crippen LogP contribution is -2.45. The van der Waals surface area contributed by atoms with Crippen molar-refractivity contribution in [3.8, 4) is 0 Å². The second-order valence-electron chi connectivity index (χ2n) is 4.51. The number of nitrogen functional groups attached to an aromatic ring is 1. The number of sulfonamides is 1. The summed E-state index contributed by atoms with van der Waals surface area (Å²) in [5.74, 6) is -3.15. The molecule has 0 aliphatic rings. The van der Waals surface area contributed by atoms with Crippen LogP contribution in [0.1, 0.15) is 13.8 Å². The van der Waals surface area contributed by atoms with Crippen LogP contribution in [-0.4, -0.2) is 38.9 Å². The molecule has 1 aromatic carbocycles. The van der Waals surface area contributed by atoms with Gasteiger partial charge in [0.2, 0.25) is 15.9 Å². The van der Waals surface area contributed by atoms with Crippen molar-refractivity contribution in [2.24, 2.45) is 0 Å². The molecule has 1 amide bonds. The Kier molecular flexibility index (Phi) is 5.24. The Morgan fingerprint density at radius 2 is 1.86 bits per heavy atom. The maximum atomic E-state index is 13.6. The molecular formula is C12H17F2N3O3S. The molecule has 118 valence electrons. The molecule has 0 spiro atoms. The predicted octanol–water partition coefficient (Wildman–Crippen LogP) is 0.692. The average molecular weight is 321 g/mol. The van der Waals surface area contributed by atoms with Crippen LogP contribution in [-0.2, 0) is 14.8 Å². The number of halogens is 2. The van der Waals surface area contributed by atoms with Gasteiger partial charge in [-0.2, -0.15) is 4.72 Å². The highest BCUT2D eigenvalue weighted by atomic mass is 32.2. The van der Waals surface area contributed by atoms with Crippen LogP contribution in [0.15, 0.2) is 17.0 Å². The highest BCUT2D eigenvalue weighted by molar-refractivity contribution is 7.89. The summed E-state index contributed by atoms with van der Waals surface area (Å²) < 4.78 is 53.3. The summed E-state index contributed by atoms with van der Waals surface area (Å²) in [5.41, 5.74) is 4.99. The number of nitrogens with one attached hydrogen (secondary N) is 1. The van der Waals surface area contributed by atoms with Gasteiger partial charge in [-0.25, -0.2) is 17.2 Å². The van der Waals surface area contributed by atoms with Gasteiger partial charge in [0.1, 0.15) is 11.6 Å². The minimum Gasteiger partial charge on any atom is -0.399 e. The normalized spacial score (nSPS) is 13.0. The van der Waals surface area contributed by atoms with Crippen LogP contribution in [0.3, 0.4) is 0 Å². The van der Waals surface area contributed by atoms with Crippen molar-refractivity contribution >= 4 is 21.6 Å². The van der Waals surface area contributed by atoms with Gasteiger partial charge in [0, 0.05) is 19.3 Å². The van der Waals surface area contributed by atoms with Crippen LogP contribution in [0.5, 0.6) is 0 Å². The van der Waals surface area contributed by atoms with Crippen molar-refractivity contribution in [1.29, 1.82) is 0 Å². The lowest BCUT2D eigenvalue weighted by molar-refractivity contribution is -0.131. The third-order valence-corrected chi connectivity index (χ3v) is 4.43. The first kappa shape index (κ1) is 17.3. The Labute approximate surface area is 122 Å². The molecule has 0 heterocycles. The first-order chi connectivity index (χ1) is 9.60. The van der Waals surface area contributed by atoms with Crippen LogP contribution >= 0.6 is 0 Å². The summed E-state index contributed by atoms with van der Waals surface area (Å²) >= 11 is 0. The Morgan fingerprint density at radius 3 is 2.29 bits per heavy atom. The number of benzene rings is 1. The minimum absolute atomic E-state index is 0.237. The van der Waals surface area contributed by atoms with Crippen molar-refractivity contribution in [2.45, 2.75) is 24.8 Å². The van der Waals surface area contributed by atoms with Crippen molar-refractivity contribution in [1.82, 2.24) is 9.62 Å². The molecule has 0 saturated heterocycles. The summed E-state index contributed by atoms with van der Waals surface area (Å²) in [6.07, 6.45) is 0. The number of hydrogen-bond donors (Lipinski definition) is 2. The molecule has 1 atom stereocenters. The number of rotatable bonds is 5. The SMILES string of the molecule is CCN(C)C(=O)C(C)NS(=O)(=O)c1c(F)cc(N)cc1F. The van der Waals surface area contributed by atoms with Gasteiger partial charge in [0.25, 0.3) is 0 Å². The fraction of sp³-hybridized carbons (Fsp3) is 0.417. The zero-order chi connectivity index (χ0) is 16.4. The second kappa shape index (κ2) is 6.35. The van der Waals surface area contributed by atoms with Crippen LogP contribution < -0.4 is 10.5 Å². The monoisotopic (exact) mass is 321 g/mol. The standard InChI is InChI=1S/C12H17F2N3O3S/c1-4-17(3)12(18)7(2)16-21(19,20)11-9(13)5-8(15)6-10(11)14/h5-7,16H,4,15H2,1-3H3. The van der Waals surface area contributed by atoms with Gasteiger partial charge in [-0.1, -0.05) is 0 Å². The highest BCUT2D eigenvalue weighted by Crippen LogP contribution is 2.21. The zero-order valence-corrected chi connectivity index (χ0v) is 12.7. The topological polar surface area (TPSA) is 92.5 Å². The molecule has 1 unspecified atom stereocenters. The van der Waals surface area contributed by atoms with Crippen molar-refractivity contribution in [2.75, 3.05) is 19.3 Å². The number of amides is 1. The van der Waals surface area contributed by atoms with Gasteiger partial charge in [-0.05, 0) is 26.0 Å². The van der Waals surface area contributed by atoms with Crippen LogP contribution in [0.25, 0.3) is 0 Å². The maximum absolute atomic E-state index is 13.6. The molecule has 6 nitrogen and oxygen atoms in total. The van der Waals surface area contributed by atoms with Gasteiger partial charge >= 0.3 is 0 Å². The van der Waals surface area contributed by atoms with Crippen molar-refractivity contribution in [3.63, 3.8) is 0 Å². The van der Waals surface area contributed by atoms with E-state index in [2.05, 4.69) is 0 Å². The van der Waals surface area contributed by atoms with Crippen LogP contribution in [0, 0.1) is 11.6 Å². The molecular weight excluding hydrogens is 304 g/mol. The van der Waals surface area contributed by atoms with E-state index >= 15 is 0 Å². The molecule has 9 heteroatoms. The molecule has 21 heavy (non-hydrogen) atoms. The molecule has 0 saturated carbocycles. The number of nitrogens with zero attached hydrogens (tertiary/aromatic N) is 1. The lowest BCUT2D eigenvalue weighted by Gasteiger charge is -2.20. The minimum atomic E-state index is -4.53. The number of carbonyl (C=O) groups excluding carboxylic acids is 1. The van der Waals surface area contributed by atoms with Gasteiger partial charge in [0.05, 0.1) is 6.04 Å². The molecule has 1 aromatic rings. The smallest absolute Gasteiger partial charge is 0.247 e. The number of likely N-dealkylation sites (N-methyl/N-ethyl adjacent to an activating group) is 1. The third-order valence-electron chi connectivity index (χ3n) is 2.84. The Bertz CT molecular complexity index is 626. The van der Waals surface area contributed by atoms with E-state index in [-0.39, 0.29) is 5.69 Å². The molecule has 0 aromatic heterocycles. The van der Waals surface area contributed by atoms with Crippen molar-refractivity contribution in [3.05, 3.63) is 23.8 Å². The van der Waals surface area contributed by atoms with E-state index in [1.807, 2.05) is 4.72 Å². The molecule has 0 bridgehead atoms. The summed E-state index contributed by atoms with van der Waals surface area (Å²) in [6.45, 7) is 3.37. The molecule has 0 fully saturated rings. The molecule has 0 aliphatic carbocycles. The molecule has 0 aliphatic heterocycles. The van der Waals surface area contributed by atoms with E-state index < -0.39 is 38.5 Å². The van der Waals surface area contributed by atoms with E-state index in [9.17, 15) is 22.0 Å². The van der Waals surface area contributed by atoms with E-state index in [4.69, 9.17) is 5.73 Å². The summed E-state index contributed by atoms with van der Waals surface area (Å²) in [4.78, 5) is 11.9. The van der Waals surface area contributed by atoms with E-state index in [1.54, 1.807) is 6.92 Å². The van der Waals surface area contributed by atoms with Gasteiger partial charge in [-0.3, -0.25) is 4.79 Å². The first-order valence-corrected chi connectivity index (χ1v) is 7.60. The fourth-order valence-electron chi connectivity index (χ4n) is 1.66. The van der Waals surface area contributed by atoms with E-state index in [0.717, 1.165) is 0 Å². The Morgan fingerprint density at radius 1 is 1.38 bits per heavy atom. The number of hydrogen-bond acceptors (Lipinski definition) is 4. The van der Waals surface area contributed by atoms with Gasteiger partial charge in [0.15, 0.2) is 4.90 Å². The first-order valence-electron chi connectivity index (χ1n) is 6.12. The van der Waals surface area contributed by atoms with Crippen molar-refractivity contribution < 1.29 is 22.0 Å². The third kappa shape index (κ3) is 3.88. The zero-order valence-electron chi connectivity index (χ0n) is 11.9. The van der Waals surface area contributed by atoms with Gasteiger partial charge < -0.3 is 10.6 Å². The molecule has 3 N–H and O–H groups in total. The summed E-state index contributed by atoms with van der Waals surface area (Å²) in [6, 6.07) is 0.237. The predicted molar refractivity (Wildman–Crippen MR) is 73.9 cm³/mol. The van der Waals surface area contributed by atoms with Gasteiger partial charge in [-0.15, -0.1) is 0 Å². The van der Waals surface area contributed by atoms with E-state index in [1.165, 1.54) is 18.9 Å². The maximum Gasteiger partial charge on any atom is 0.247 e. The summed E-state index contributed by atoms with van der Waals surface area (Å²) in [5, 5.41) is 0. The molecule has 0 radical (unpaired) electrons. The number of nitrogens with two attached hydrogens (primary N) is 1. The Balaban J connectivity index is 3.11. The van der Waals surface area contributed by atoms with E-state index in [0.29, 0.717) is 18.7 Å². The van der Waals surface area contributed by atoms with Crippen LogP contribution in [0.4, 0.5) is 14.5 Å². The number of anilines is 1. The number of carbonyl (C=O) groups is 1. The fourth-order valence-corrected chi connectivity index (χ4v) is 2.98. The lowest BCUT2D eigenvalue weighted by atomic mass is 10.3. The Hall–Kier alpha value is -1.74. The summed E-state index contributed by atoms with van der Waals surface area (Å²) in [7, 11) is -3.04. The largest absolute Gasteiger partial charge is 0.399 e. The highest BCUT2D eigenvalue weighted by Gasteiger charge is 2.29.